The quantitative estimate of drug-likeness (QED) is 0.115. The van der Waals surface area contributed by atoms with Crippen LogP contribution in [0.1, 0.15) is 84.5 Å². The first-order valence-electron chi connectivity index (χ1n) is 16.6. The molecule has 0 radical (unpaired) electrons. The van der Waals surface area contributed by atoms with Gasteiger partial charge in [-0.2, -0.15) is 0 Å². The van der Waals surface area contributed by atoms with Crippen LogP contribution in [-0.2, 0) is 35.8 Å². The Hall–Kier alpha value is -3.68. The highest BCUT2D eigenvalue weighted by Crippen LogP contribution is 2.48. The summed E-state index contributed by atoms with van der Waals surface area (Å²) >= 11 is 13.1. The maximum Gasteiger partial charge on any atom is 0.305 e. The zero-order valence-corrected chi connectivity index (χ0v) is 30.2. The lowest BCUT2D eigenvalue weighted by Crippen LogP contribution is -2.59. The maximum atomic E-state index is 14.4. The van der Waals surface area contributed by atoms with Gasteiger partial charge in [0.1, 0.15) is 5.75 Å². The third-order valence-electron chi connectivity index (χ3n) is 8.83. The minimum Gasteiger partial charge on any atom is -0.494 e. The fourth-order valence-corrected chi connectivity index (χ4v) is 8.05. The van der Waals surface area contributed by atoms with Gasteiger partial charge < -0.3 is 14.4 Å². The molecule has 1 unspecified atom stereocenters. The fourth-order valence-electron chi connectivity index (χ4n) is 6.70. The molecular formula is C36H41Cl2N3O8S. The topological polar surface area (TPSA) is 140 Å². The monoisotopic (exact) mass is 745 g/mol. The van der Waals surface area contributed by atoms with Crippen LogP contribution >= 0.6 is 23.2 Å². The van der Waals surface area contributed by atoms with Gasteiger partial charge in [-0.05, 0) is 73.2 Å². The molecule has 0 aromatic heterocycles. The van der Waals surface area contributed by atoms with E-state index in [-0.39, 0.29) is 29.9 Å². The number of carbonyl (C=O) groups is 3. The highest BCUT2D eigenvalue weighted by atomic mass is 35.5. The summed E-state index contributed by atoms with van der Waals surface area (Å²) in [7, 11) is -3.61. The second-order valence-electron chi connectivity index (χ2n) is 12.4. The molecule has 268 valence electrons. The Balaban J connectivity index is 1.38. The molecule has 0 saturated heterocycles. The molecule has 2 N–H and O–H groups in total. The van der Waals surface area contributed by atoms with Crippen LogP contribution in [0.15, 0.2) is 66.7 Å². The summed E-state index contributed by atoms with van der Waals surface area (Å²) in [6, 6.07) is 17.0. The minimum absolute atomic E-state index is 0.0429. The Morgan fingerprint density at radius 2 is 1.72 bits per heavy atom. The van der Waals surface area contributed by atoms with Gasteiger partial charge >= 0.3 is 5.97 Å². The second-order valence-corrected chi connectivity index (χ2v) is 15.0. The first-order chi connectivity index (χ1) is 24.0. The molecular weight excluding hydrogens is 705 g/mol. The first kappa shape index (κ1) is 37.6. The van der Waals surface area contributed by atoms with Gasteiger partial charge in [-0.3, -0.25) is 19.2 Å². The van der Waals surface area contributed by atoms with E-state index in [1.807, 2.05) is 0 Å². The van der Waals surface area contributed by atoms with Crippen molar-refractivity contribution < 1.29 is 37.1 Å². The van der Waals surface area contributed by atoms with E-state index in [9.17, 15) is 22.8 Å². The van der Waals surface area contributed by atoms with E-state index in [1.165, 1.54) is 0 Å². The number of carbonyl (C=O) groups excluding carboxylic acids is 3. The molecule has 1 fully saturated rings. The molecule has 2 amide bonds. The Labute approximate surface area is 302 Å². The van der Waals surface area contributed by atoms with Gasteiger partial charge in [-0.25, -0.2) is 18.6 Å². The fraction of sp³-hybridized carbons (Fsp3) is 0.417. The number of ether oxygens (including phenoxy) is 2. The third-order valence-corrected chi connectivity index (χ3v) is 10.1. The van der Waals surface area contributed by atoms with E-state index < -0.39 is 40.0 Å². The standard InChI is InChI=1S/C36H41Cl2N3O8S/c1-3-47-32(42)13-8-20-48-25-17-14-23(15-18-25)22-49-39-35(43)33-26-9-4-5-10-27(26)36(44)41(34(33)28-19-16-24(37)21-29(28)38)31-12-7-6-11-30(31)40-50(2,45)46/h4-5,9-10,14-19,21,30-31,33-34,40H,3,6-8,11-13,20,22H2,1-2H3,(H,39,43)/t30-,31-,33+,34?/m0/s1. The van der Waals surface area contributed by atoms with Crippen molar-refractivity contribution in [2.24, 2.45) is 0 Å². The van der Waals surface area contributed by atoms with Crippen molar-refractivity contribution >= 4 is 51.0 Å². The van der Waals surface area contributed by atoms with Gasteiger partial charge in [-0.1, -0.05) is 72.4 Å². The number of esters is 1. The molecule has 1 aliphatic carbocycles. The molecule has 50 heavy (non-hydrogen) atoms. The molecule has 1 saturated carbocycles. The molecule has 0 bridgehead atoms. The summed E-state index contributed by atoms with van der Waals surface area (Å²) < 4.78 is 38.2. The van der Waals surface area contributed by atoms with Gasteiger partial charge in [0.2, 0.25) is 10.0 Å². The van der Waals surface area contributed by atoms with Crippen LogP contribution in [0.2, 0.25) is 10.0 Å². The van der Waals surface area contributed by atoms with Crippen LogP contribution in [0.4, 0.5) is 0 Å². The number of hydrogen-bond acceptors (Lipinski definition) is 8. The number of nitrogens with one attached hydrogen (secondary N) is 2. The van der Waals surface area contributed by atoms with Crippen LogP contribution in [0.25, 0.3) is 0 Å². The molecule has 0 spiro atoms. The first-order valence-corrected chi connectivity index (χ1v) is 19.2. The highest BCUT2D eigenvalue weighted by molar-refractivity contribution is 7.88. The van der Waals surface area contributed by atoms with Crippen LogP contribution in [0.5, 0.6) is 5.75 Å². The molecule has 11 nitrogen and oxygen atoms in total. The molecule has 5 rings (SSSR count). The molecule has 1 heterocycles. The largest absolute Gasteiger partial charge is 0.494 e. The molecule has 4 atom stereocenters. The van der Waals surface area contributed by atoms with Gasteiger partial charge in [0.05, 0.1) is 38.0 Å². The van der Waals surface area contributed by atoms with Crippen molar-refractivity contribution in [3.05, 3.63) is 99.0 Å². The van der Waals surface area contributed by atoms with Crippen molar-refractivity contribution in [2.45, 2.75) is 76.1 Å². The molecule has 3 aromatic rings. The van der Waals surface area contributed by atoms with E-state index in [0.717, 1.165) is 24.7 Å². The molecule has 2 aliphatic rings. The summed E-state index contributed by atoms with van der Waals surface area (Å²) in [4.78, 5) is 47.5. The predicted molar refractivity (Wildman–Crippen MR) is 189 cm³/mol. The van der Waals surface area contributed by atoms with Crippen LogP contribution in [0.3, 0.4) is 0 Å². The van der Waals surface area contributed by atoms with E-state index in [1.54, 1.807) is 78.6 Å². The number of nitrogens with zero attached hydrogens (tertiary/aromatic N) is 1. The van der Waals surface area contributed by atoms with Crippen LogP contribution in [-0.4, -0.2) is 62.7 Å². The summed E-state index contributed by atoms with van der Waals surface area (Å²) in [5, 5.41) is 0.657. The Kier molecular flexibility index (Phi) is 12.8. The smallest absolute Gasteiger partial charge is 0.305 e. The van der Waals surface area contributed by atoms with Gasteiger partial charge in [0, 0.05) is 34.1 Å². The van der Waals surface area contributed by atoms with E-state index in [4.69, 9.17) is 37.5 Å². The number of benzene rings is 3. The Bertz CT molecular complexity index is 1790. The SMILES string of the molecule is CCOC(=O)CCCOc1ccc(CONC(=O)[C@@H]2c3ccccc3C(=O)N([C@H]3CCCC[C@@H]3NS(C)(=O)=O)C2c2ccc(Cl)cc2Cl)cc1. The Morgan fingerprint density at radius 3 is 2.44 bits per heavy atom. The summed E-state index contributed by atoms with van der Waals surface area (Å²) in [5.74, 6) is -1.42. The van der Waals surface area contributed by atoms with Crippen molar-refractivity contribution in [2.75, 3.05) is 19.5 Å². The van der Waals surface area contributed by atoms with E-state index in [2.05, 4.69) is 10.2 Å². The number of rotatable bonds is 14. The highest BCUT2D eigenvalue weighted by Gasteiger charge is 2.49. The number of halogens is 2. The number of sulfonamides is 1. The zero-order chi connectivity index (χ0) is 35.8. The van der Waals surface area contributed by atoms with Crippen molar-refractivity contribution in [1.82, 2.24) is 15.1 Å². The molecule has 14 heteroatoms. The molecule has 1 aliphatic heterocycles. The lowest BCUT2D eigenvalue weighted by Gasteiger charge is -2.49. The van der Waals surface area contributed by atoms with Gasteiger partial charge in [0.15, 0.2) is 0 Å². The average molecular weight is 747 g/mol. The number of amides is 2. The Morgan fingerprint density at radius 1 is 0.980 bits per heavy atom. The second kappa shape index (κ2) is 17.0. The normalized spacial score (nSPS) is 20.6. The third kappa shape index (κ3) is 9.35. The average Bonchev–Trinajstić information content (AvgIpc) is 3.07. The number of hydroxylamine groups is 1. The summed E-state index contributed by atoms with van der Waals surface area (Å²) in [5.41, 5.74) is 4.71. The van der Waals surface area contributed by atoms with Crippen molar-refractivity contribution in [3.63, 3.8) is 0 Å². The summed E-state index contributed by atoms with van der Waals surface area (Å²) in [6.45, 7) is 2.51. The number of fused-ring (bicyclic) bond motifs is 1. The number of hydrogen-bond donors (Lipinski definition) is 2. The predicted octanol–water partition coefficient (Wildman–Crippen LogP) is 6.10. The summed E-state index contributed by atoms with van der Waals surface area (Å²) in [6.07, 6.45) is 4.52. The maximum absolute atomic E-state index is 14.4. The lowest BCUT2D eigenvalue weighted by molar-refractivity contribution is -0.143. The van der Waals surface area contributed by atoms with E-state index >= 15 is 0 Å². The van der Waals surface area contributed by atoms with Crippen LogP contribution < -0.4 is 14.9 Å². The van der Waals surface area contributed by atoms with Crippen molar-refractivity contribution in [3.8, 4) is 5.75 Å². The van der Waals surface area contributed by atoms with Gasteiger partial charge in [-0.15, -0.1) is 0 Å². The van der Waals surface area contributed by atoms with E-state index in [0.29, 0.717) is 59.9 Å². The molecule has 3 aromatic carbocycles. The van der Waals surface area contributed by atoms with Crippen LogP contribution in [0, 0.1) is 0 Å². The van der Waals surface area contributed by atoms with Crippen molar-refractivity contribution in [1.29, 1.82) is 0 Å². The zero-order valence-electron chi connectivity index (χ0n) is 27.9. The minimum atomic E-state index is -3.61. The van der Waals surface area contributed by atoms with Gasteiger partial charge in [0.25, 0.3) is 11.8 Å². The lowest BCUT2D eigenvalue weighted by atomic mass is 9.76.